The van der Waals surface area contributed by atoms with Gasteiger partial charge in [0.1, 0.15) is 0 Å². The average molecular weight is 603 g/mol. The highest BCUT2D eigenvalue weighted by Crippen LogP contribution is 2.31. The summed E-state index contributed by atoms with van der Waals surface area (Å²) < 4.78 is 38.8. The fourth-order valence-electron chi connectivity index (χ4n) is 6.04. The van der Waals surface area contributed by atoms with Gasteiger partial charge in [0.15, 0.2) is 0 Å². The molecule has 0 spiro atoms. The summed E-state index contributed by atoms with van der Waals surface area (Å²) in [6.07, 6.45) is -2.58. The minimum absolute atomic E-state index is 0.00184. The van der Waals surface area contributed by atoms with Crippen molar-refractivity contribution in [1.29, 1.82) is 0 Å². The van der Waals surface area contributed by atoms with Gasteiger partial charge in [0.25, 0.3) is 11.5 Å². The largest absolute Gasteiger partial charge is 0.490 e. The van der Waals surface area contributed by atoms with Gasteiger partial charge in [-0.1, -0.05) is 31.2 Å². The van der Waals surface area contributed by atoms with E-state index in [0.29, 0.717) is 48.9 Å². The second-order valence-electron chi connectivity index (χ2n) is 11.0. The molecular weight excluding hydrogens is 569 g/mol. The highest BCUT2D eigenvalue weighted by Gasteiger charge is 2.41. The molecule has 43 heavy (non-hydrogen) atoms. The number of amides is 1. The third-order valence-corrected chi connectivity index (χ3v) is 8.27. The van der Waals surface area contributed by atoms with E-state index in [1.165, 1.54) is 15.8 Å². The first-order valence-corrected chi connectivity index (χ1v) is 14.2. The number of nitrogens with one attached hydrogen (secondary N) is 1. The Labute approximate surface area is 245 Å². The summed E-state index contributed by atoms with van der Waals surface area (Å²) in [7, 11) is 0. The van der Waals surface area contributed by atoms with Crippen molar-refractivity contribution in [3.05, 3.63) is 75.2 Å². The molecule has 4 heterocycles. The van der Waals surface area contributed by atoms with Gasteiger partial charge in [0.05, 0.1) is 49.0 Å². The molecule has 1 amide bonds. The normalized spacial score (nSPS) is 22.0. The Morgan fingerprint density at radius 2 is 1.74 bits per heavy atom. The predicted octanol–water partition coefficient (Wildman–Crippen LogP) is 2.67. The lowest BCUT2D eigenvalue weighted by atomic mass is 9.93. The zero-order chi connectivity index (χ0) is 30.9. The van der Waals surface area contributed by atoms with E-state index < -0.39 is 18.2 Å². The van der Waals surface area contributed by atoms with E-state index in [1.54, 1.807) is 12.1 Å². The van der Waals surface area contributed by atoms with Crippen molar-refractivity contribution in [3.63, 3.8) is 0 Å². The fraction of sp³-hybridized carbons (Fsp3) is 0.467. The van der Waals surface area contributed by atoms with Crippen LogP contribution in [-0.2, 0) is 35.5 Å². The number of aliphatic hydroxyl groups excluding tert-OH is 1. The first kappa shape index (κ1) is 30.6. The summed E-state index contributed by atoms with van der Waals surface area (Å²) >= 11 is 0. The first-order chi connectivity index (χ1) is 20.5. The number of ether oxygens (including phenoxy) is 1. The number of fused-ring (bicyclic) bond motifs is 4. The van der Waals surface area contributed by atoms with Gasteiger partial charge in [0.2, 0.25) is 0 Å². The SMILES string of the molecule is CCc1nn(CC(O)[C@@H]2Cc3ccccc3CN2)c(=O)c2ccc(C(=O)N3C4CCC3COC4)cc12.O=C(O)C(F)(F)F. The third kappa shape index (κ3) is 6.43. The van der Waals surface area contributed by atoms with Crippen LogP contribution in [0.1, 0.15) is 46.9 Å². The maximum Gasteiger partial charge on any atom is 0.490 e. The van der Waals surface area contributed by atoms with Crippen LogP contribution in [0, 0.1) is 0 Å². The predicted molar refractivity (Wildman–Crippen MR) is 150 cm³/mol. The number of carbonyl (C=O) groups is 2. The minimum atomic E-state index is -5.08. The Bertz CT molecular complexity index is 1560. The van der Waals surface area contributed by atoms with Crippen LogP contribution < -0.4 is 10.9 Å². The highest BCUT2D eigenvalue weighted by molar-refractivity contribution is 5.99. The second kappa shape index (κ2) is 12.4. The lowest BCUT2D eigenvalue weighted by molar-refractivity contribution is -0.192. The van der Waals surface area contributed by atoms with Crippen molar-refractivity contribution in [1.82, 2.24) is 20.0 Å². The Morgan fingerprint density at radius 1 is 1.09 bits per heavy atom. The van der Waals surface area contributed by atoms with Crippen LogP contribution in [0.25, 0.3) is 10.8 Å². The molecule has 0 radical (unpaired) electrons. The number of aliphatic hydroxyl groups is 1. The molecule has 3 N–H and O–H groups in total. The van der Waals surface area contributed by atoms with Gasteiger partial charge in [0, 0.05) is 23.5 Å². The number of morpholine rings is 1. The minimum Gasteiger partial charge on any atom is -0.475 e. The topological polar surface area (TPSA) is 134 Å². The molecule has 3 aliphatic heterocycles. The summed E-state index contributed by atoms with van der Waals surface area (Å²) in [5, 5.41) is 27.4. The van der Waals surface area contributed by atoms with E-state index in [1.807, 2.05) is 30.0 Å². The van der Waals surface area contributed by atoms with Crippen molar-refractivity contribution in [2.45, 2.75) is 76.1 Å². The third-order valence-electron chi connectivity index (χ3n) is 8.27. The smallest absolute Gasteiger partial charge is 0.475 e. The lowest BCUT2D eigenvalue weighted by Gasteiger charge is -2.34. The number of aryl methyl sites for hydroxylation is 1. The second-order valence-corrected chi connectivity index (χ2v) is 11.0. The molecule has 230 valence electrons. The quantitative estimate of drug-likeness (QED) is 0.406. The molecule has 0 saturated carbocycles. The van der Waals surface area contributed by atoms with Crippen molar-refractivity contribution in [2.24, 2.45) is 0 Å². The lowest BCUT2D eigenvalue weighted by Crippen LogP contribution is -2.49. The Balaban J connectivity index is 0.000000472. The van der Waals surface area contributed by atoms with Crippen LogP contribution in [0.2, 0.25) is 0 Å². The summed E-state index contributed by atoms with van der Waals surface area (Å²) in [5.41, 5.74) is 3.55. The summed E-state index contributed by atoms with van der Waals surface area (Å²) in [6, 6.07) is 13.6. The number of carboxylic acid groups (broad SMARTS) is 1. The highest BCUT2D eigenvalue weighted by atomic mass is 19.4. The van der Waals surface area contributed by atoms with Crippen molar-refractivity contribution >= 4 is 22.6 Å². The van der Waals surface area contributed by atoms with Crippen molar-refractivity contribution in [3.8, 4) is 0 Å². The van der Waals surface area contributed by atoms with Crippen LogP contribution >= 0.6 is 0 Å². The van der Waals surface area contributed by atoms with Crippen molar-refractivity contribution < 1.29 is 37.7 Å². The van der Waals surface area contributed by atoms with Crippen LogP contribution in [0.4, 0.5) is 13.2 Å². The standard InChI is InChI=1S/C28H32N4O4.C2HF3O2/c1-2-24-23-11-18(27(34)32-20-8-9-21(32)16-36-15-20)7-10-22(23)28(35)31(30-24)14-26(33)25-12-17-5-3-4-6-19(17)13-29-25;3-2(4,5)1(6)7/h3-7,10-11,20-21,25-26,29,33H,2,8-9,12-16H2,1H3;(H,6,7)/t20?,21?,25-,26?;/m0./s1. The van der Waals surface area contributed by atoms with Gasteiger partial charge in [-0.2, -0.15) is 18.3 Å². The number of aromatic nitrogens is 2. The number of hydrogen-bond donors (Lipinski definition) is 3. The van der Waals surface area contributed by atoms with Gasteiger partial charge in [-0.3, -0.25) is 9.59 Å². The number of alkyl halides is 3. The van der Waals surface area contributed by atoms with E-state index in [0.717, 1.165) is 18.5 Å². The maximum absolute atomic E-state index is 13.4. The van der Waals surface area contributed by atoms with E-state index in [2.05, 4.69) is 22.5 Å². The van der Waals surface area contributed by atoms with Crippen LogP contribution in [0.5, 0.6) is 0 Å². The maximum atomic E-state index is 13.4. The molecule has 2 aromatic carbocycles. The summed E-state index contributed by atoms with van der Waals surface area (Å²) in [4.78, 5) is 37.6. The Hall–Kier alpha value is -3.81. The zero-order valence-electron chi connectivity index (χ0n) is 23.5. The average Bonchev–Trinajstić information content (AvgIpc) is 3.24. The molecule has 3 aliphatic rings. The monoisotopic (exact) mass is 602 g/mol. The van der Waals surface area contributed by atoms with E-state index in [4.69, 9.17) is 14.6 Å². The molecule has 6 rings (SSSR count). The molecule has 13 heteroatoms. The molecule has 2 saturated heterocycles. The molecule has 2 bridgehead atoms. The molecule has 4 atom stereocenters. The van der Waals surface area contributed by atoms with Gasteiger partial charge >= 0.3 is 12.1 Å². The molecule has 0 aliphatic carbocycles. The fourth-order valence-corrected chi connectivity index (χ4v) is 6.04. The molecule has 3 unspecified atom stereocenters. The van der Waals surface area contributed by atoms with Gasteiger partial charge < -0.3 is 25.2 Å². The molecule has 3 aromatic rings. The molecule has 1 aromatic heterocycles. The van der Waals surface area contributed by atoms with Gasteiger partial charge in [-0.05, 0) is 55.0 Å². The number of hydrogen-bond acceptors (Lipinski definition) is 7. The van der Waals surface area contributed by atoms with Crippen LogP contribution in [-0.4, -0.2) is 80.4 Å². The molecular formula is C30H33F3N4O6. The zero-order valence-corrected chi connectivity index (χ0v) is 23.5. The van der Waals surface area contributed by atoms with Crippen LogP contribution in [0.3, 0.4) is 0 Å². The number of halogens is 3. The summed E-state index contributed by atoms with van der Waals surface area (Å²) in [6.45, 7) is 3.97. The number of carboxylic acids is 1. The van der Waals surface area contributed by atoms with Gasteiger partial charge in [-0.15, -0.1) is 0 Å². The summed E-state index contributed by atoms with van der Waals surface area (Å²) in [5.74, 6) is -2.76. The molecule has 2 fully saturated rings. The number of aliphatic carboxylic acids is 1. The van der Waals surface area contributed by atoms with E-state index in [9.17, 15) is 27.9 Å². The first-order valence-electron chi connectivity index (χ1n) is 14.2. The van der Waals surface area contributed by atoms with Crippen LogP contribution in [0.15, 0.2) is 47.3 Å². The Morgan fingerprint density at radius 3 is 2.37 bits per heavy atom. The van der Waals surface area contributed by atoms with E-state index >= 15 is 0 Å². The number of rotatable bonds is 5. The molecule has 10 nitrogen and oxygen atoms in total. The van der Waals surface area contributed by atoms with Crippen molar-refractivity contribution in [2.75, 3.05) is 13.2 Å². The number of benzene rings is 2. The van der Waals surface area contributed by atoms with Gasteiger partial charge in [-0.25, -0.2) is 9.48 Å². The Kier molecular flexibility index (Phi) is 8.86. The number of carbonyl (C=O) groups excluding carboxylic acids is 1. The number of nitrogens with zero attached hydrogens (tertiary/aromatic N) is 3. The van der Waals surface area contributed by atoms with E-state index in [-0.39, 0.29) is 36.1 Å².